The highest BCUT2D eigenvalue weighted by Gasteiger charge is 2.23. The second-order valence-electron chi connectivity index (χ2n) is 10.6. The average molecular weight is 493 g/mol. The van der Waals surface area contributed by atoms with Gasteiger partial charge in [0.2, 0.25) is 0 Å². The van der Waals surface area contributed by atoms with Crippen molar-refractivity contribution >= 4 is 21.7 Å². The van der Waals surface area contributed by atoms with E-state index in [1.165, 1.54) is 56.0 Å². The van der Waals surface area contributed by atoms with Gasteiger partial charge in [-0.1, -0.05) is 24.6 Å². The van der Waals surface area contributed by atoms with Crippen molar-refractivity contribution in [3.05, 3.63) is 60.4 Å². The number of rotatable bonds is 8. The molecule has 7 heteroatoms. The lowest BCUT2D eigenvalue weighted by Gasteiger charge is -2.26. The molecule has 3 heterocycles. The molecule has 1 saturated heterocycles. The molecule has 2 fully saturated rings. The van der Waals surface area contributed by atoms with Crippen LogP contribution in [0.4, 0.5) is 0 Å². The third kappa shape index (κ3) is 4.83. The molecule has 3 aromatic carbocycles. The molecular formula is C30H32N6O. The highest BCUT2D eigenvalue weighted by atomic mass is 16.5. The average Bonchev–Trinajstić information content (AvgIpc) is 3.46. The van der Waals surface area contributed by atoms with Gasteiger partial charge in [-0.15, -0.1) is 0 Å². The first-order valence-electron chi connectivity index (χ1n) is 13.6. The summed E-state index contributed by atoms with van der Waals surface area (Å²) in [5.74, 6) is 3.43. The minimum absolute atomic E-state index is 0.734. The molecule has 1 aliphatic heterocycles. The van der Waals surface area contributed by atoms with Crippen molar-refractivity contribution in [2.45, 2.75) is 38.5 Å². The molecule has 37 heavy (non-hydrogen) atoms. The van der Waals surface area contributed by atoms with Gasteiger partial charge < -0.3 is 4.74 Å². The van der Waals surface area contributed by atoms with E-state index in [-0.39, 0.29) is 0 Å². The molecule has 0 unspecified atom stereocenters. The Hall–Kier alpha value is -3.71. The van der Waals surface area contributed by atoms with Crippen LogP contribution in [-0.2, 0) is 6.42 Å². The minimum atomic E-state index is 0.734. The number of likely N-dealkylation sites (tertiary alicyclic amines) is 1. The zero-order valence-corrected chi connectivity index (χ0v) is 21.0. The molecule has 1 saturated carbocycles. The van der Waals surface area contributed by atoms with Gasteiger partial charge in [0.05, 0.1) is 11.2 Å². The Morgan fingerprint density at radius 2 is 1.68 bits per heavy atom. The molecule has 2 N–H and O–H groups in total. The van der Waals surface area contributed by atoms with Crippen molar-refractivity contribution in [3.8, 4) is 28.4 Å². The monoisotopic (exact) mass is 492 g/mol. The molecule has 5 aromatic rings. The summed E-state index contributed by atoms with van der Waals surface area (Å²) in [4.78, 5) is 7.24. The van der Waals surface area contributed by atoms with Crippen molar-refractivity contribution in [2.24, 2.45) is 5.92 Å². The van der Waals surface area contributed by atoms with Crippen LogP contribution in [0.15, 0.2) is 54.6 Å². The third-order valence-electron chi connectivity index (χ3n) is 7.74. The van der Waals surface area contributed by atoms with Crippen LogP contribution in [0.2, 0.25) is 0 Å². The van der Waals surface area contributed by atoms with Crippen LogP contribution in [0.1, 0.15) is 37.9 Å². The van der Waals surface area contributed by atoms with E-state index in [1.807, 2.05) is 0 Å². The predicted molar refractivity (Wildman–Crippen MR) is 147 cm³/mol. The van der Waals surface area contributed by atoms with Crippen LogP contribution in [0, 0.1) is 5.92 Å². The van der Waals surface area contributed by atoms with Gasteiger partial charge in [-0.2, -0.15) is 10.2 Å². The van der Waals surface area contributed by atoms with E-state index in [4.69, 9.17) is 9.72 Å². The quantitative estimate of drug-likeness (QED) is 0.278. The Bertz CT molecular complexity index is 1540. The lowest BCUT2D eigenvalue weighted by atomic mass is 10.0. The lowest BCUT2D eigenvalue weighted by molar-refractivity contribution is 0.183. The largest absolute Gasteiger partial charge is 0.492 e. The van der Waals surface area contributed by atoms with E-state index < -0.39 is 0 Å². The highest BCUT2D eigenvalue weighted by Crippen LogP contribution is 2.34. The number of benzene rings is 3. The molecule has 0 radical (unpaired) electrons. The van der Waals surface area contributed by atoms with Crippen molar-refractivity contribution in [1.82, 2.24) is 30.3 Å². The summed E-state index contributed by atoms with van der Waals surface area (Å²) in [6.45, 7) is 4.14. The van der Waals surface area contributed by atoms with E-state index in [9.17, 15) is 0 Å². The number of nitrogens with zero attached hydrogens (tertiary/aromatic N) is 4. The maximum Gasteiger partial charge on any atom is 0.181 e. The molecule has 7 rings (SSSR count). The first-order chi connectivity index (χ1) is 18.3. The number of hydrogen-bond acceptors (Lipinski definition) is 5. The Morgan fingerprint density at radius 1 is 0.838 bits per heavy atom. The Labute approximate surface area is 216 Å². The molecular weight excluding hydrogens is 460 g/mol. The fourth-order valence-electron chi connectivity index (χ4n) is 5.42. The summed E-state index contributed by atoms with van der Waals surface area (Å²) in [5.41, 5.74) is 4.03. The van der Waals surface area contributed by atoms with E-state index in [0.29, 0.717) is 0 Å². The molecule has 0 amide bonds. The van der Waals surface area contributed by atoms with Gasteiger partial charge in [0.25, 0.3) is 0 Å². The van der Waals surface area contributed by atoms with Gasteiger partial charge in [0.15, 0.2) is 5.82 Å². The molecule has 188 valence electrons. The smallest absolute Gasteiger partial charge is 0.181 e. The first-order valence-corrected chi connectivity index (χ1v) is 13.6. The summed E-state index contributed by atoms with van der Waals surface area (Å²) in [7, 11) is 0. The number of ether oxygens (including phenoxy) is 1. The SMILES string of the molecule is c1cc2cc(-c3n[nH]c4ccc(-c5n[nH]c(CC6CC6)n5)cc34)ccc2cc1OCCN1CCCCC1. The summed E-state index contributed by atoms with van der Waals surface area (Å²) >= 11 is 0. The van der Waals surface area contributed by atoms with E-state index >= 15 is 0 Å². The molecule has 2 aliphatic rings. The van der Waals surface area contributed by atoms with Crippen LogP contribution in [0.5, 0.6) is 5.75 Å². The number of piperidine rings is 1. The normalized spacial score (nSPS) is 16.5. The van der Waals surface area contributed by atoms with Crippen molar-refractivity contribution < 1.29 is 4.74 Å². The van der Waals surface area contributed by atoms with Crippen LogP contribution >= 0.6 is 0 Å². The number of hydrogen-bond donors (Lipinski definition) is 2. The number of fused-ring (bicyclic) bond motifs is 2. The zero-order chi connectivity index (χ0) is 24.6. The van der Waals surface area contributed by atoms with Gasteiger partial charge in [0.1, 0.15) is 18.2 Å². The van der Waals surface area contributed by atoms with Gasteiger partial charge in [0, 0.05) is 29.5 Å². The van der Waals surface area contributed by atoms with Crippen LogP contribution < -0.4 is 4.74 Å². The van der Waals surface area contributed by atoms with Gasteiger partial charge in [-0.3, -0.25) is 15.1 Å². The van der Waals surface area contributed by atoms with Crippen LogP contribution in [0.3, 0.4) is 0 Å². The van der Waals surface area contributed by atoms with E-state index in [2.05, 4.69) is 79.9 Å². The Balaban J connectivity index is 1.11. The van der Waals surface area contributed by atoms with Crippen LogP contribution in [0.25, 0.3) is 44.3 Å². The maximum absolute atomic E-state index is 6.09. The Morgan fingerprint density at radius 3 is 2.57 bits per heavy atom. The Kier molecular flexibility index (Phi) is 5.85. The van der Waals surface area contributed by atoms with Crippen molar-refractivity contribution in [1.29, 1.82) is 0 Å². The molecule has 7 nitrogen and oxygen atoms in total. The van der Waals surface area contributed by atoms with Gasteiger partial charge >= 0.3 is 0 Å². The molecule has 1 aliphatic carbocycles. The molecule has 0 atom stereocenters. The fourth-order valence-corrected chi connectivity index (χ4v) is 5.42. The van der Waals surface area contributed by atoms with Crippen molar-refractivity contribution in [2.75, 3.05) is 26.2 Å². The predicted octanol–water partition coefficient (Wildman–Crippen LogP) is 5.99. The highest BCUT2D eigenvalue weighted by molar-refractivity contribution is 5.97. The maximum atomic E-state index is 6.09. The minimum Gasteiger partial charge on any atom is -0.492 e. The summed E-state index contributed by atoms with van der Waals surface area (Å²) in [6, 6.07) is 19.1. The molecule has 0 spiro atoms. The fraction of sp³-hybridized carbons (Fsp3) is 0.367. The number of aromatic amines is 2. The van der Waals surface area contributed by atoms with E-state index in [1.54, 1.807) is 0 Å². The standard InChI is InChI=1S/C30H32N6O/c1-2-12-36(13-3-1)14-15-37-25-10-8-21-17-23(7-6-22(21)18-25)29-26-19-24(9-11-27(26)32-34-29)30-31-28(33-35-30)16-20-4-5-20/h6-11,17-20H,1-5,12-16H2,(H,32,34)(H,31,33,35). The topological polar surface area (TPSA) is 82.7 Å². The first kappa shape index (κ1) is 22.5. The molecule has 0 bridgehead atoms. The summed E-state index contributed by atoms with van der Waals surface area (Å²) in [6.07, 6.45) is 7.59. The van der Waals surface area contributed by atoms with E-state index in [0.717, 1.165) is 70.6 Å². The number of nitrogens with one attached hydrogen (secondary N) is 2. The zero-order valence-electron chi connectivity index (χ0n) is 21.0. The van der Waals surface area contributed by atoms with Gasteiger partial charge in [-0.05, 0) is 91.9 Å². The lowest BCUT2D eigenvalue weighted by Crippen LogP contribution is -2.33. The summed E-state index contributed by atoms with van der Waals surface area (Å²) < 4.78 is 6.09. The van der Waals surface area contributed by atoms with Gasteiger partial charge in [-0.25, -0.2) is 4.98 Å². The summed E-state index contributed by atoms with van der Waals surface area (Å²) in [5, 5.41) is 18.9. The van der Waals surface area contributed by atoms with Crippen LogP contribution in [-0.4, -0.2) is 56.5 Å². The second-order valence-corrected chi connectivity index (χ2v) is 10.6. The number of H-pyrrole nitrogens is 2. The third-order valence-corrected chi connectivity index (χ3v) is 7.74. The second kappa shape index (κ2) is 9.63. The number of aromatic nitrogens is 5. The van der Waals surface area contributed by atoms with Crippen molar-refractivity contribution in [3.63, 3.8) is 0 Å². The molecule has 2 aromatic heterocycles.